The molecule has 1 fully saturated rings. The Morgan fingerprint density at radius 3 is 2.52 bits per heavy atom. The van der Waals surface area contributed by atoms with E-state index >= 15 is 0 Å². The van der Waals surface area contributed by atoms with Crippen molar-refractivity contribution in [1.82, 2.24) is 15.1 Å². The number of halogens is 5. The van der Waals surface area contributed by atoms with Crippen LogP contribution in [0.15, 0.2) is 35.5 Å². The zero-order valence-corrected chi connectivity index (χ0v) is 19.8. The Balaban J connectivity index is 1.74. The van der Waals surface area contributed by atoms with Gasteiger partial charge in [0.15, 0.2) is 5.69 Å². The van der Waals surface area contributed by atoms with Crippen LogP contribution in [0, 0.1) is 5.92 Å². The van der Waals surface area contributed by atoms with Crippen LogP contribution in [0.5, 0.6) is 0 Å². The number of hydrogen-bond acceptors (Lipinski definition) is 3. The van der Waals surface area contributed by atoms with E-state index in [4.69, 9.17) is 23.2 Å². The lowest BCUT2D eigenvalue weighted by Gasteiger charge is -2.32. The van der Waals surface area contributed by atoms with E-state index < -0.39 is 17.9 Å². The second kappa shape index (κ2) is 9.22. The highest BCUT2D eigenvalue weighted by Crippen LogP contribution is 2.40. The molecule has 33 heavy (non-hydrogen) atoms. The fourth-order valence-corrected chi connectivity index (χ4v) is 5.04. The van der Waals surface area contributed by atoms with Gasteiger partial charge < -0.3 is 10.6 Å². The molecule has 1 aliphatic heterocycles. The van der Waals surface area contributed by atoms with Gasteiger partial charge >= 0.3 is 6.18 Å². The number of anilines is 1. The normalized spacial score (nSPS) is 20.3. The molecule has 5 nitrogen and oxygen atoms in total. The number of fused-ring (bicyclic) bond motifs is 1. The van der Waals surface area contributed by atoms with Crippen molar-refractivity contribution in [1.29, 1.82) is 0 Å². The zero-order valence-electron chi connectivity index (χ0n) is 18.3. The SMILES string of the molecule is CC1=C(C(=O)NC(C)C2CCCCC2)C(c2ccc(Cl)c(Cl)c2)n2nc(C(F)(F)F)cc2N1. The van der Waals surface area contributed by atoms with Crippen molar-refractivity contribution in [3.8, 4) is 0 Å². The Kier molecular flexibility index (Phi) is 6.69. The molecule has 2 heterocycles. The quantitative estimate of drug-likeness (QED) is 0.498. The summed E-state index contributed by atoms with van der Waals surface area (Å²) < 4.78 is 41.4. The molecule has 1 aliphatic carbocycles. The maximum absolute atomic E-state index is 13.5. The van der Waals surface area contributed by atoms with Crippen molar-refractivity contribution < 1.29 is 18.0 Å². The molecule has 4 rings (SSSR count). The van der Waals surface area contributed by atoms with Crippen LogP contribution in [0.3, 0.4) is 0 Å². The first-order valence-electron chi connectivity index (χ1n) is 11.0. The standard InChI is InChI=1S/C23H25Cl2F3N4O/c1-12(14-6-4-3-5-7-14)30-22(33)20-13(2)29-19-11-18(23(26,27)28)31-32(19)21(20)15-8-9-16(24)17(25)10-15/h8-12,14,21,29H,3-7H2,1-2H3,(H,30,33). The Bertz CT molecular complexity index is 1090. The number of hydrogen-bond donors (Lipinski definition) is 2. The molecule has 2 atom stereocenters. The van der Waals surface area contributed by atoms with Crippen LogP contribution in [0.2, 0.25) is 10.0 Å². The van der Waals surface area contributed by atoms with Gasteiger partial charge in [0.25, 0.3) is 5.91 Å². The van der Waals surface area contributed by atoms with Gasteiger partial charge in [-0.2, -0.15) is 18.3 Å². The smallest absolute Gasteiger partial charge is 0.349 e. The van der Waals surface area contributed by atoms with Crippen molar-refractivity contribution in [3.63, 3.8) is 0 Å². The minimum Gasteiger partial charge on any atom is -0.349 e. The molecule has 178 valence electrons. The monoisotopic (exact) mass is 500 g/mol. The number of carbonyl (C=O) groups is 1. The molecule has 2 aromatic rings. The summed E-state index contributed by atoms with van der Waals surface area (Å²) in [6.07, 6.45) is 0.945. The molecular formula is C23H25Cl2F3N4O. The van der Waals surface area contributed by atoms with E-state index in [0.29, 0.717) is 27.8 Å². The van der Waals surface area contributed by atoms with Gasteiger partial charge in [0.05, 0.1) is 15.6 Å². The van der Waals surface area contributed by atoms with E-state index in [0.717, 1.165) is 31.7 Å². The molecular weight excluding hydrogens is 476 g/mol. The molecule has 1 amide bonds. The number of allylic oxidation sites excluding steroid dienone is 1. The molecule has 0 radical (unpaired) electrons. The van der Waals surface area contributed by atoms with E-state index in [1.807, 2.05) is 6.92 Å². The van der Waals surface area contributed by atoms with Crippen LogP contribution in [-0.4, -0.2) is 21.7 Å². The van der Waals surface area contributed by atoms with Crippen LogP contribution in [0.25, 0.3) is 0 Å². The summed E-state index contributed by atoms with van der Waals surface area (Å²) in [6.45, 7) is 3.66. The molecule has 2 unspecified atom stereocenters. The van der Waals surface area contributed by atoms with Gasteiger partial charge in [-0.15, -0.1) is 0 Å². The lowest BCUT2D eigenvalue weighted by molar-refractivity contribution is -0.141. The highest BCUT2D eigenvalue weighted by atomic mass is 35.5. The predicted molar refractivity (Wildman–Crippen MR) is 122 cm³/mol. The highest BCUT2D eigenvalue weighted by molar-refractivity contribution is 6.42. The Labute approximate surface area is 200 Å². The van der Waals surface area contributed by atoms with Gasteiger partial charge in [-0.25, -0.2) is 4.68 Å². The zero-order chi connectivity index (χ0) is 23.9. The van der Waals surface area contributed by atoms with Gasteiger partial charge in [-0.1, -0.05) is 48.5 Å². The molecule has 1 saturated carbocycles. The number of carbonyl (C=O) groups excluding carboxylic acids is 1. The molecule has 1 aromatic heterocycles. The third kappa shape index (κ3) is 4.87. The maximum atomic E-state index is 13.5. The summed E-state index contributed by atoms with van der Waals surface area (Å²) in [5.41, 5.74) is 0.222. The number of rotatable bonds is 4. The van der Waals surface area contributed by atoms with Crippen molar-refractivity contribution in [2.45, 2.75) is 64.2 Å². The number of nitrogens with one attached hydrogen (secondary N) is 2. The van der Waals surface area contributed by atoms with E-state index in [9.17, 15) is 18.0 Å². The molecule has 0 bridgehead atoms. The minimum absolute atomic E-state index is 0.0580. The van der Waals surface area contributed by atoms with Gasteiger partial charge in [-0.3, -0.25) is 4.79 Å². The van der Waals surface area contributed by atoms with Crippen LogP contribution in [0.1, 0.15) is 63.3 Å². The number of benzene rings is 1. The summed E-state index contributed by atoms with van der Waals surface area (Å²) in [4.78, 5) is 13.5. The van der Waals surface area contributed by atoms with Crippen LogP contribution >= 0.6 is 23.2 Å². The van der Waals surface area contributed by atoms with E-state index in [1.165, 1.54) is 11.1 Å². The maximum Gasteiger partial charge on any atom is 0.435 e. The Hall–Kier alpha value is -2.19. The van der Waals surface area contributed by atoms with Gasteiger partial charge in [0.1, 0.15) is 11.9 Å². The Morgan fingerprint density at radius 2 is 1.88 bits per heavy atom. The summed E-state index contributed by atoms with van der Waals surface area (Å²) >= 11 is 12.3. The highest BCUT2D eigenvalue weighted by Gasteiger charge is 2.40. The van der Waals surface area contributed by atoms with Gasteiger partial charge in [0, 0.05) is 17.8 Å². The average molecular weight is 501 g/mol. The lowest BCUT2D eigenvalue weighted by Crippen LogP contribution is -2.42. The number of aromatic nitrogens is 2. The number of nitrogens with zero attached hydrogens (tertiary/aromatic N) is 2. The van der Waals surface area contributed by atoms with Crippen molar-refractivity contribution >= 4 is 34.9 Å². The third-order valence-corrected chi connectivity index (χ3v) is 7.22. The van der Waals surface area contributed by atoms with E-state index in [1.54, 1.807) is 25.1 Å². The molecule has 0 saturated heterocycles. The molecule has 10 heteroatoms. The molecule has 2 N–H and O–H groups in total. The lowest BCUT2D eigenvalue weighted by atomic mass is 9.84. The van der Waals surface area contributed by atoms with Crippen LogP contribution < -0.4 is 10.6 Å². The number of amides is 1. The molecule has 1 aromatic carbocycles. The predicted octanol–water partition coefficient (Wildman–Crippen LogP) is 6.58. The fraction of sp³-hybridized carbons (Fsp3) is 0.478. The van der Waals surface area contributed by atoms with Crippen LogP contribution in [0.4, 0.5) is 19.0 Å². The summed E-state index contributed by atoms with van der Waals surface area (Å²) in [6, 6.07) is 4.75. The third-order valence-electron chi connectivity index (χ3n) is 6.48. The fourth-order valence-electron chi connectivity index (χ4n) is 4.73. The average Bonchev–Trinajstić information content (AvgIpc) is 3.19. The first-order valence-corrected chi connectivity index (χ1v) is 11.7. The Morgan fingerprint density at radius 1 is 1.18 bits per heavy atom. The largest absolute Gasteiger partial charge is 0.435 e. The molecule has 0 spiro atoms. The van der Waals surface area contributed by atoms with E-state index in [-0.39, 0.29) is 22.8 Å². The summed E-state index contributed by atoms with van der Waals surface area (Å²) in [7, 11) is 0. The van der Waals surface area contributed by atoms with Crippen molar-refractivity contribution in [3.05, 3.63) is 56.8 Å². The van der Waals surface area contributed by atoms with Crippen molar-refractivity contribution in [2.24, 2.45) is 5.92 Å². The second-order valence-corrected chi connectivity index (χ2v) is 9.57. The van der Waals surface area contributed by atoms with E-state index in [2.05, 4.69) is 15.7 Å². The van der Waals surface area contributed by atoms with Gasteiger partial charge in [0.2, 0.25) is 0 Å². The topological polar surface area (TPSA) is 59.0 Å². The van der Waals surface area contributed by atoms with Crippen molar-refractivity contribution in [2.75, 3.05) is 5.32 Å². The first-order chi connectivity index (χ1) is 15.6. The molecule has 2 aliphatic rings. The summed E-state index contributed by atoms with van der Waals surface area (Å²) in [5.74, 6) is 0.178. The van der Waals surface area contributed by atoms with Crippen LogP contribution in [-0.2, 0) is 11.0 Å². The van der Waals surface area contributed by atoms with Gasteiger partial charge in [-0.05, 0) is 50.3 Å². The number of alkyl halides is 3. The minimum atomic E-state index is -4.62. The summed E-state index contributed by atoms with van der Waals surface area (Å²) in [5, 5.41) is 10.4. The first kappa shape index (κ1) is 24.0. The second-order valence-electron chi connectivity index (χ2n) is 8.76.